The third-order valence-electron chi connectivity index (χ3n) is 2.39. The van der Waals surface area contributed by atoms with E-state index >= 15 is 0 Å². The molecule has 0 aliphatic rings. The molecule has 0 aliphatic heterocycles. The quantitative estimate of drug-likeness (QED) is 0.605. The Morgan fingerprint density at radius 1 is 0.944 bits per heavy atom. The molecule has 2 aromatic rings. The van der Waals surface area contributed by atoms with Gasteiger partial charge < -0.3 is 0 Å². The fourth-order valence-corrected chi connectivity index (χ4v) is 1.56. The van der Waals surface area contributed by atoms with E-state index in [2.05, 4.69) is 0 Å². The third-order valence-corrected chi connectivity index (χ3v) is 2.39. The third kappa shape index (κ3) is 2.17. The van der Waals surface area contributed by atoms with Crippen molar-refractivity contribution < 1.29 is 18.1 Å². The average molecular weight is 253 g/mol. The SMILES string of the molecule is O=[N+]([O-])c1cc(F)ccc1-c1ccc(F)c(F)c1. The van der Waals surface area contributed by atoms with Crippen molar-refractivity contribution in [1.82, 2.24) is 0 Å². The van der Waals surface area contributed by atoms with Crippen LogP contribution in [0.3, 0.4) is 0 Å². The first-order chi connectivity index (χ1) is 8.49. The minimum absolute atomic E-state index is 0.0281. The molecular weight excluding hydrogens is 247 g/mol. The van der Waals surface area contributed by atoms with Gasteiger partial charge in [0.25, 0.3) is 5.69 Å². The second kappa shape index (κ2) is 4.48. The standard InChI is InChI=1S/C12H6F3NO2/c13-8-2-3-9(12(6-8)16(17)18)7-1-4-10(14)11(15)5-7/h1-6H. The van der Waals surface area contributed by atoms with Crippen LogP contribution in [-0.2, 0) is 0 Å². The first-order valence-electron chi connectivity index (χ1n) is 4.88. The zero-order chi connectivity index (χ0) is 13.3. The van der Waals surface area contributed by atoms with Gasteiger partial charge in [-0.3, -0.25) is 10.1 Å². The Bertz CT molecular complexity index is 629. The molecule has 18 heavy (non-hydrogen) atoms. The van der Waals surface area contributed by atoms with Gasteiger partial charge in [0.15, 0.2) is 11.6 Å². The summed E-state index contributed by atoms with van der Waals surface area (Å²) in [5.74, 6) is -2.94. The van der Waals surface area contributed by atoms with E-state index in [1.807, 2.05) is 0 Å². The van der Waals surface area contributed by atoms with Crippen LogP contribution in [0.5, 0.6) is 0 Å². The molecule has 6 heteroatoms. The van der Waals surface area contributed by atoms with E-state index in [-0.39, 0.29) is 11.1 Å². The number of nitro benzene ring substituents is 1. The zero-order valence-electron chi connectivity index (χ0n) is 8.86. The maximum Gasteiger partial charge on any atom is 0.280 e. The lowest BCUT2D eigenvalue weighted by Crippen LogP contribution is -1.94. The van der Waals surface area contributed by atoms with Gasteiger partial charge in [-0.25, -0.2) is 13.2 Å². The molecule has 0 saturated heterocycles. The van der Waals surface area contributed by atoms with E-state index in [0.717, 1.165) is 30.3 Å². The van der Waals surface area contributed by atoms with E-state index in [1.54, 1.807) is 0 Å². The maximum atomic E-state index is 13.1. The highest BCUT2D eigenvalue weighted by Crippen LogP contribution is 2.31. The maximum absolute atomic E-state index is 13.1. The Balaban J connectivity index is 2.63. The van der Waals surface area contributed by atoms with Gasteiger partial charge in [0, 0.05) is 0 Å². The Morgan fingerprint density at radius 2 is 1.67 bits per heavy atom. The molecule has 0 atom stereocenters. The monoisotopic (exact) mass is 253 g/mol. The van der Waals surface area contributed by atoms with Crippen LogP contribution in [0.25, 0.3) is 11.1 Å². The highest BCUT2D eigenvalue weighted by atomic mass is 19.2. The molecular formula is C12H6F3NO2. The first-order valence-corrected chi connectivity index (χ1v) is 4.88. The molecule has 0 amide bonds. The normalized spacial score (nSPS) is 10.4. The van der Waals surface area contributed by atoms with Crippen molar-refractivity contribution in [3.8, 4) is 11.1 Å². The highest BCUT2D eigenvalue weighted by Gasteiger charge is 2.17. The van der Waals surface area contributed by atoms with E-state index in [0.29, 0.717) is 0 Å². The molecule has 0 N–H and O–H groups in total. The van der Waals surface area contributed by atoms with Crippen LogP contribution in [0.4, 0.5) is 18.9 Å². The van der Waals surface area contributed by atoms with Gasteiger partial charge in [-0.15, -0.1) is 0 Å². The lowest BCUT2D eigenvalue weighted by atomic mass is 10.0. The van der Waals surface area contributed by atoms with Crippen LogP contribution in [-0.4, -0.2) is 4.92 Å². The lowest BCUT2D eigenvalue weighted by Gasteiger charge is -2.04. The van der Waals surface area contributed by atoms with E-state index < -0.39 is 28.1 Å². The number of hydrogen-bond donors (Lipinski definition) is 0. The predicted molar refractivity (Wildman–Crippen MR) is 58.4 cm³/mol. The van der Waals surface area contributed by atoms with E-state index in [1.165, 1.54) is 6.07 Å². The summed E-state index contributed by atoms with van der Waals surface area (Å²) in [6.07, 6.45) is 0. The van der Waals surface area contributed by atoms with Gasteiger partial charge in [-0.05, 0) is 29.8 Å². The largest absolute Gasteiger partial charge is 0.280 e. The van der Waals surface area contributed by atoms with Gasteiger partial charge in [0.1, 0.15) is 5.82 Å². The minimum Gasteiger partial charge on any atom is -0.258 e. The molecule has 0 radical (unpaired) electrons. The van der Waals surface area contributed by atoms with Crippen molar-refractivity contribution in [3.05, 3.63) is 64.0 Å². The summed E-state index contributed by atoms with van der Waals surface area (Å²) in [6, 6.07) is 5.78. The zero-order valence-corrected chi connectivity index (χ0v) is 8.86. The molecule has 0 heterocycles. The molecule has 0 unspecified atom stereocenters. The highest BCUT2D eigenvalue weighted by molar-refractivity contribution is 5.73. The molecule has 0 aromatic heterocycles. The fraction of sp³-hybridized carbons (Fsp3) is 0. The van der Waals surface area contributed by atoms with Crippen LogP contribution >= 0.6 is 0 Å². The summed E-state index contributed by atoms with van der Waals surface area (Å²) in [4.78, 5) is 9.99. The lowest BCUT2D eigenvalue weighted by molar-refractivity contribution is -0.384. The smallest absolute Gasteiger partial charge is 0.258 e. The molecule has 0 spiro atoms. The van der Waals surface area contributed by atoms with Crippen LogP contribution in [0.1, 0.15) is 0 Å². The first kappa shape index (κ1) is 12.1. The summed E-state index contributed by atoms with van der Waals surface area (Å²) < 4.78 is 38.8. The van der Waals surface area contributed by atoms with Gasteiger partial charge in [-0.1, -0.05) is 6.07 Å². The average Bonchev–Trinajstić information content (AvgIpc) is 2.32. The summed E-state index contributed by atoms with van der Waals surface area (Å²) in [5.41, 5.74) is -0.359. The molecule has 3 nitrogen and oxygen atoms in total. The van der Waals surface area contributed by atoms with Crippen molar-refractivity contribution >= 4 is 5.69 Å². The number of benzene rings is 2. The number of nitrogens with zero attached hydrogens (tertiary/aromatic N) is 1. The van der Waals surface area contributed by atoms with Crippen molar-refractivity contribution in [2.75, 3.05) is 0 Å². The summed E-state index contributed by atoms with van der Waals surface area (Å²) >= 11 is 0. The molecule has 0 fully saturated rings. The van der Waals surface area contributed by atoms with Crippen LogP contribution in [0.2, 0.25) is 0 Å². The minimum atomic E-state index is -1.12. The Morgan fingerprint density at radius 3 is 2.28 bits per heavy atom. The van der Waals surface area contributed by atoms with Crippen molar-refractivity contribution in [2.24, 2.45) is 0 Å². The van der Waals surface area contributed by atoms with Crippen molar-refractivity contribution in [3.63, 3.8) is 0 Å². The van der Waals surface area contributed by atoms with Crippen LogP contribution < -0.4 is 0 Å². The molecule has 0 saturated carbocycles. The number of nitro groups is 1. The molecule has 2 rings (SSSR count). The molecule has 2 aromatic carbocycles. The second-order valence-corrected chi connectivity index (χ2v) is 3.55. The van der Waals surface area contributed by atoms with Gasteiger partial charge >= 0.3 is 0 Å². The topological polar surface area (TPSA) is 43.1 Å². The van der Waals surface area contributed by atoms with Gasteiger partial charge in [-0.2, -0.15) is 0 Å². The van der Waals surface area contributed by atoms with Crippen LogP contribution in [0.15, 0.2) is 36.4 Å². The molecule has 0 bridgehead atoms. The Kier molecular flexibility index (Phi) is 3.01. The summed E-state index contributed by atoms with van der Waals surface area (Å²) in [6.45, 7) is 0. The fourth-order valence-electron chi connectivity index (χ4n) is 1.56. The van der Waals surface area contributed by atoms with Gasteiger partial charge in [0.2, 0.25) is 0 Å². The summed E-state index contributed by atoms with van der Waals surface area (Å²) in [7, 11) is 0. The van der Waals surface area contributed by atoms with Gasteiger partial charge in [0.05, 0.1) is 16.6 Å². The summed E-state index contributed by atoms with van der Waals surface area (Å²) in [5, 5.41) is 10.8. The second-order valence-electron chi connectivity index (χ2n) is 3.55. The Labute approximate surface area is 99.6 Å². The van der Waals surface area contributed by atoms with Crippen molar-refractivity contribution in [2.45, 2.75) is 0 Å². The number of rotatable bonds is 2. The van der Waals surface area contributed by atoms with E-state index in [4.69, 9.17) is 0 Å². The number of halogens is 3. The van der Waals surface area contributed by atoms with E-state index in [9.17, 15) is 23.3 Å². The molecule has 92 valence electrons. The molecule has 0 aliphatic carbocycles. The number of hydrogen-bond acceptors (Lipinski definition) is 2. The predicted octanol–water partition coefficient (Wildman–Crippen LogP) is 3.68. The Hall–Kier alpha value is -2.37. The van der Waals surface area contributed by atoms with Crippen molar-refractivity contribution in [1.29, 1.82) is 0 Å². The van der Waals surface area contributed by atoms with Crippen LogP contribution in [0, 0.1) is 27.6 Å².